The molecule has 0 unspecified atom stereocenters. The minimum Gasteiger partial charge on any atom is -0.456 e. The predicted octanol–water partition coefficient (Wildman–Crippen LogP) is 3.96. The van der Waals surface area contributed by atoms with Crippen LogP contribution >= 0.6 is 11.3 Å². The number of benzene rings is 2. The molecule has 0 atom stereocenters. The molecule has 2 aromatic carbocycles. The van der Waals surface area contributed by atoms with Gasteiger partial charge in [0.2, 0.25) is 10.9 Å². The summed E-state index contributed by atoms with van der Waals surface area (Å²) in [4.78, 5) is 41.9. The molecule has 34 heavy (non-hydrogen) atoms. The van der Waals surface area contributed by atoms with Crippen molar-refractivity contribution in [2.45, 2.75) is 38.2 Å². The van der Waals surface area contributed by atoms with Crippen LogP contribution in [-0.2, 0) is 22.6 Å². The van der Waals surface area contributed by atoms with Crippen LogP contribution in [0.25, 0.3) is 4.96 Å². The molecule has 1 saturated carbocycles. The molecule has 172 valence electrons. The molecule has 1 aliphatic rings. The summed E-state index contributed by atoms with van der Waals surface area (Å²) in [6.07, 6.45) is 3.21. The van der Waals surface area contributed by atoms with Gasteiger partial charge >= 0.3 is 5.97 Å². The van der Waals surface area contributed by atoms with E-state index in [1.807, 2.05) is 30.3 Å². The highest BCUT2D eigenvalue weighted by molar-refractivity contribution is 7.16. The molecule has 2 heterocycles. The van der Waals surface area contributed by atoms with E-state index in [4.69, 9.17) is 4.74 Å². The Morgan fingerprint density at radius 1 is 1.09 bits per heavy atom. The lowest BCUT2D eigenvalue weighted by molar-refractivity contribution is -0.116. The Labute approximate surface area is 199 Å². The minimum absolute atomic E-state index is 0.0974. The van der Waals surface area contributed by atoms with Gasteiger partial charge in [0, 0.05) is 24.1 Å². The molecule has 5 rings (SSSR count). The molecule has 9 heteroatoms. The SMILES string of the molecule is O=C(CCc1ccccc1)Nc1ccc(C(=O)OCc2cc(=O)n3nc(C4CC4)sc3n2)cc1. The lowest BCUT2D eigenvalue weighted by atomic mass is 10.1. The average Bonchev–Trinajstić information content (AvgIpc) is 3.61. The van der Waals surface area contributed by atoms with E-state index in [1.165, 1.54) is 21.9 Å². The van der Waals surface area contributed by atoms with E-state index in [1.54, 1.807) is 24.3 Å². The second-order valence-electron chi connectivity index (χ2n) is 8.18. The number of fused-ring (bicyclic) bond motifs is 1. The second-order valence-corrected chi connectivity index (χ2v) is 9.17. The zero-order valence-corrected chi connectivity index (χ0v) is 19.1. The number of aromatic nitrogens is 3. The molecule has 1 amide bonds. The molecular weight excluding hydrogens is 452 g/mol. The van der Waals surface area contributed by atoms with Gasteiger partial charge in [-0.2, -0.15) is 9.61 Å². The summed E-state index contributed by atoms with van der Waals surface area (Å²) in [5, 5.41) is 8.09. The molecule has 0 aliphatic heterocycles. The lowest BCUT2D eigenvalue weighted by Crippen LogP contribution is -2.16. The second kappa shape index (κ2) is 9.56. The van der Waals surface area contributed by atoms with Gasteiger partial charge in [-0.15, -0.1) is 0 Å². The van der Waals surface area contributed by atoms with Gasteiger partial charge in [-0.1, -0.05) is 41.7 Å². The Bertz CT molecular complexity index is 1390. The number of nitrogens with one attached hydrogen (secondary N) is 1. The van der Waals surface area contributed by atoms with Crippen LogP contribution in [0, 0.1) is 0 Å². The minimum atomic E-state index is -0.535. The fourth-order valence-corrected chi connectivity index (χ4v) is 4.57. The van der Waals surface area contributed by atoms with Crippen molar-refractivity contribution in [2.24, 2.45) is 0 Å². The van der Waals surface area contributed by atoms with E-state index in [0.29, 0.717) is 40.7 Å². The number of amides is 1. The van der Waals surface area contributed by atoms with Crippen LogP contribution in [0.4, 0.5) is 5.69 Å². The van der Waals surface area contributed by atoms with Gasteiger partial charge < -0.3 is 10.1 Å². The summed E-state index contributed by atoms with van der Waals surface area (Å²) in [5.74, 6) is -0.198. The highest BCUT2D eigenvalue weighted by Crippen LogP contribution is 2.41. The quantitative estimate of drug-likeness (QED) is 0.388. The Balaban J connectivity index is 1.15. The van der Waals surface area contributed by atoms with Crippen LogP contribution in [0.3, 0.4) is 0 Å². The number of rotatable bonds is 8. The maximum absolute atomic E-state index is 12.4. The normalized spacial score (nSPS) is 13.1. The Morgan fingerprint density at radius 3 is 2.59 bits per heavy atom. The van der Waals surface area contributed by atoms with Crippen LogP contribution in [0.2, 0.25) is 0 Å². The third kappa shape index (κ3) is 5.20. The zero-order valence-electron chi connectivity index (χ0n) is 18.3. The predicted molar refractivity (Wildman–Crippen MR) is 128 cm³/mol. The van der Waals surface area contributed by atoms with Crippen molar-refractivity contribution < 1.29 is 14.3 Å². The van der Waals surface area contributed by atoms with Gasteiger partial charge in [0.25, 0.3) is 5.56 Å². The van der Waals surface area contributed by atoms with Crippen molar-refractivity contribution in [3.63, 3.8) is 0 Å². The van der Waals surface area contributed by atoms with E-state index in [9.17, 15) is 14.4 Å². The number of carbonyl (C=O) groups is 2. The van der Waals surface area contributed by atoms with E-state index < -0.39 is 5.97 Å². The van der Waals surface area contributed by atoms with Crippen molar-refractivity contribution >= 4 is 33.9 Å². The molecule has 2 aromatic heterocycles. The number of hydrogen-bond acceptors (Lipinski definition) is 7. The Kier molecular flexibility index (Phi) is 6.18. The molecule has 1 aliphatic carbocycles. The molecular formula is C25H22N4O4S. The molecule has 1 N–H and O–H groups in total. The van der Waals surface area contributed by atoms with E-state index >= 15 is 0 Å². The third-order valence-electron chi connectivity index (χ3n) is 5.48. The fourth-order valence-electron chi connectivity index (χ4n) is 3.48. The first-order valence-corrected chi connectivity index (χ1v) is 11.9. The molecule has 8 nitrogen and oxygen atoms in total. The number of hydrogen-bond donors (Lipinski definition) is 1. The van der Waals surface area contributed by atoms with Gasteiger partial charge in [-0.3, -0.25) is 9.59 Å². The van der Waals surface area contributed by atoms with Crippen molar-refractivity contribution in [2.75, 3.05) is 5.32 Å². The van der Waals surface area contributed by atoms with Gasteiger partial charge in [0.15, 0.2) is 0 Å². The fraction of sp³-hybridized carbons (Fsp3) is 0.240. The summed E-state index contributed by atoms with van der Waals surface area (Å²) in [6, 6.07) is 17.6. The van der Waals surface area contributed by atoms with Crippen LogP contribution in [0.15, 0.2) is 65.5 Å². The van der Waals surface area contributed by atoms with Gasteiger partial charge in [0.1, 0.15) is 11.6 Å². The van der Waals surface area contributed by atoms with Gasteiger partial charge in [-0.25, -0.2) is 9.78 Å². The van der Waals surface area contributed by atoms with Crippen LogP contribution in [0.5, 0.6) is 0 Å². The molecule has 0 bridgehead atoms. The maximum atomic E-state index is 12.4. The largest absolute Gasteiger partial charge is 0.456 e. The number of carbonyl (C=O) groups excluding carboxylic acids is 2. The standard InChI is InChI=1S/C25H22N4O4S/c30-21(13-6-16-4-2-1-3-5-16)26-19-11-9-18(10-12-19)24(32)33-15-20-14-22(31)29-25(27-20)34-23(28-29)17-7-8-17/h1-5,9-12,14,17H,6-8,13,15H2,(H,26,30). The molecule has 0 spiro atoms. The van der Waals surface area contributed by atoms with Crippen LogP contribution in [-0.4, -0.2) is 26.5 Å². The summed E-state index contributed by atoms with van der Waals surface area (Å²) >= 11 is 1.40. The molecule has 0 radical (unpaired) electrons. The monoisotopic (exact) mass is 474 g/mol. The van der Waals surface area contributed by atoms with Crippen LogP contribution in [0.1, 0.15) is 51.8 Å². The summed E-state index contributed by atoms with van der Waals surface area (Å²) in [5.41, 5.74) is 2.14. The number of aryl methyl sites for hydroxylation is 1. The third-order valence-corrected chi connectivity index (χ3v) is 6.55. The lowest BCUT2D eigenvalue weighted by Gasteiger charge is -2.07. The van der Waals surface area contributed by atoms with E-state index in [2.05, 4.69) is 15.4 Å². The van der Waals surface area contributed by atoms with E-state index in [0.717, 1.165) is 23.4 Å². The maximum Gasteiger partial charge on any atom is 0.338 e. The highest BCUT2D eigenvalue weighted by Gasteiger charge is 2.28. The first kappa shape index (κ1) is 22.0. The molecule has 0 saturated heterocycles. The number of anilines is 1. The summed E-state index contributed by atoms with van der Waals surface area (Å²) < 4.78 is 6.64. The smallest absolute Gasteiger partial charge is 0.338 e. The number of esters is 1. The summed E-state index contributed by atoms with van der Waals surface area (Å²) in [7, 11) is 0. The van der Waals surface area contributed by atoms with Crippen LogP contribution < -0.4 is 10.9 Å². The molecule has 4 aromatic rings. The van der Waals surface area contributed by atoms with Gasteiger partial charge in [0.05, 0.1) is 11.3 Å². The topological polar surface area (TPSA) is 103 Å². The first-order valence-electron chi connectivity index (χ1n) is 11.1. The zero-order chi connectivity index (χ0) is 23.5. The Hall–Kier alpha value is -3.85. The van der Waals surface area contributed by atoms with Crippen molar-refractivity contribution in [3.8, 4) is 0 Å². The Morgan fingerprint density at radius 2 is 1.85 bits per heavy atom. The van der Waals surface area contributed by atoms with Crippen molar-refractivity contribution in [3.05, 3.63) is 92.8 Å². The molecule has 1 fully saturated rings. The van der Waals surface area contributed by atoms with Crippen molar-refractivity contribution in [1.82, 2.24) is 14.6 Å². The first-order chi connectivity index (χ1) is 16.5. The summed E-state index contributed by atoms with van der Waals surface area (Å²) in [6.45, 7) is -0.112. The van der Waals surface area contributed by atoms with Gasteiger partial charge in [-0.05, 0) is 49.1 Å². The van der Waals surface area contributed by atoms with E-state index in [-0.39, 0.29) is 18.1 Å². The number of ether oxygens (including phenoxy) is 1. The number of nitrogens with zero attached hydrogens (tertiary/aromatic N) is 3. The average molecular weight is 475 g/mol. The van der Waals surface area contributed by atoms with Crippen molar-refractivity contribution in [1.29, 1.82) is 0 Å². The highest BCUT2D eigenvalue weighted by atomic mass is 32.1.